The largest absolute Gasteiger partial charge is 0.586 e. The number of rotatable bonds is 0. The summed E-state index contributed by atoms with van der Waals surface area (Å²) in [5, 5.41) is 0. The lowest BCUT2D eigenvalue weighted by Crippen LogP contribution is -2.16. The van der Waals surface area contributed by atoms with Crippen LogP contribution in [-0.2, 0) is 9.47 Å². The van der Waals surface area contributed by atoms with Crippen LogP contribution in [0.2, 0.25) is 0 Å². The zero-order chi connectivity index (χ0) is 8.60. The maximum atomic E-state index is 12.4. The molecule has 1 aliphatic heterocycles. The van der Waals surface area contributed by atoms with Gasteiger partial charge in [-0.05, 0) is 18.6 Å². The number of allylic oxidation sites excluding steroid dienone is 4. The van der Waals surface area contributed by atoms with E-state index >= 15 is 0 Å². The third-order valence-electron chi connectivity index (χ3n) is 1.51. The second-order valence-electron chi connectivity index (χ2n) is 2.44. The lowest BCUT2D eigenvalue weighted by molar-refractivity contribution is -0.335. The van der Waals surface area contributed by atoms with E-state index in [9.17, 15) is 8.78 Å². The van der Waals surface area contributed by atoms with Gasteiger partial charge in [-0.3, -0.25) is 0 Å². The summed E-state index contributed by atoms with van der Waals surface area (Å²) in [5.41, 5.74) is 0. The molecule has 2 nitrogen and oxygen atoms in total. The Kier molecular flexibility index (Phi) is 1.43. The van der Waals surface area contributed by atoms with Crippen molar-refractivity contribution in [3.63, 3.8) is 0 Å². The number of ether oxygens (including phenoxy) is 2. The van der Waals surface area contributed by atoms with Gasteiger partial charge in [-0.25, -0.2) is 0 Å². The van der Waals surface area contributed by atoms with Crippen molar-refractivity contribution in [2.24, 2.45) is 0 Å². The highest BCUT2D eigenvalue weighted by molar-refractivity contribution is 5.30. The van der Waals surface area contributed by atoms with Crippen molar-refractivity contribution >= 4 is 0 Å². The number of hydrogen-bond acceptors (Lipinski definition) is 2. The predicted octanol–water partition coefficient (Wildman–Crippen LogP) is 2.31. The summed E-state index contributed by atoms with van der Waals surface area (Å²) in [6.45, 7) is 0. The van der Waals surface area contributed by atoms with Crippen LogP contribution >= 0.6 is 0 Å². The van der Waals surface area contributed by atoms with E-state index in [-0.39, 0.29) is 11.5 Å². The van der Waals surface area contributed by atoms with Crippen LogP contribution in [0.15, 0.2) is 35.8 Å². The molecule has 12 heavy (non-hydrogen) atoms. The Balaban J connectivity index is 2.29. The Bertz CT molecular complexity index is 263. The van der Waals surface area contributed by atoms with Gasteiger partial charge in [0.1, 0.15) is 0 Å². The Morgan fingerprint density at radius 2 is 1.58 bits per heavy atom. The first kappa shape index (κ1) is 7.34. The van der Waals surface area contributed by atoms with Gasteiger partial charge in [-0.15, -0.1) is 8.78 Å². The SMILES string of the molecule is FC1(F)OC2=C(C=CCC=C2)O1. The maximum Gasteiger partial charge on any atom is 0.586 e. The minimum absolute atomic E-state index is 0.0914. The van der Waals surface area contributed by atoms with Gasteiger partial charge >= 0.3 is 6.29 Å². The molecule has 0 saturated heterocycles. The Morgan fingerprint density at radius 1 is 1.08 bits per heavy atom. The molecule has 0 unspecified atom stereocenters. The molecule has 0 amide bonds. The van der Waals surface area contributed by atoms with Crippen molar-refractivity contribution < 1.29 is 18.3 Å². The summed E-state index contributed by atoms with van der Waals surface area (Å²) >= 11 is 0. The monoisotopic (exact) mass is 172 g/mol. The van der Waals surface area contributed by atoms with E-state index in [0.29, 0.717) is 6.42 Å². The van der Waals surface area contributed by atoms with Gasteiger partial charge in [0.15, 0.2) is 11.5 Å². The highest BCUT2D eigenvalue weighted by Crippen LogP contribution is 2.35. The Morgan fingerprint density at radius 3 is 2.08 bits per heavy atom. The summed E-state index contributed by atoms with van der Waals surface area (Å²) in [7, 11) is 0. The molecular formula is C8H6F2O2. The molecule has 2 rings (SSSR count). The fourth-order valence-corrected chi connectivity index (χ4v) is 1.04. The van der Waals surface area contributed by atoms with Crippen molar-refractivity contribution in [3.05, 3.63) is 35.8 Å². The second kappa shape index (κ2) is 2.33. The predicted molar refractivity (Wildman–Crippen MR) is 37.0 cm³/mol. The van der Waals surface area contributed by atoms with Crippen molar-refractivity contribution in [2.45, 2.75) is 12.7 Å². The molecule has 4 heteroatoms. The van der Waals surface area contributed by atoms with Gasteiger partial charge in [-0.1, -0.05) is 12.2 Å². The van der Waals surface area contributed by atoms with Gasteiger partial charge in [0.25, 0.3) is 0 Å². The van der Waals surface area contributed by atoms with Gasteiger partial charge in [-0.2, -0.15) is 0 Å². The van der Waals surface area contributed by atoms with Crippen LogP contribution in [0, 0.1) is 0 Å². The molecule has 0 aromatic carbocycles. The van der Waals surface area contributed by atoms with Crippen molar-refractivity contribution in [1.29, 1.82) is 0 Å². The lowest BCUT2D eigenvalue weighted by Gasteiger charge is -2.06. The molecule has 0 N–H and O–H groups in total. The summed E-state index contributed by atoms with van der Waals surface area (Å²) in [6.07, 6.45) is 3.61. The summed E-state index contributed by atoms with van der Waals surface area (Å²) in [4.78, 5) is 0. The average Bonchev–Trinajstić information content (AvgIpc) is 2.17. The van der Waals surface area contributed by atoms with Crippen molar-refractivity contribution in [1.82, 2.24) is 0 Å². The molecule has 0 bridgehead atoms. The van der Waals surface area contributed by atoms with E-state index < -0.39 is 6.29 Å². The van der Waals surface area contributed by atoms with Gasteiger partial charge in [0, 0.05) is 0 Å². The van der Waals surface area contributed by atoms with Crippen LogP contribution in [0.1, 0.15) is 6.42 Å². The van der Waals surface area contributed by atoms with Crippen LogP contribution in [-0.4, -0.2) is 6.29 Å². The zero-order valence-corrected chi connectivity index (χ0v) is 6.09. The van der Waals surface area contributed by atoms with E-state index in [4.69, 9.17) is 0 Å². The Hall–Kier alpha value is -1.32. The zero-order valence-electron chi connectivity index (χ0n) is 6.09. The minimum Gasteiger partial charge on any atom is -0.395 e. The molecule has 1 heterocycles. The van der Waals surface area contributed by atoms with Crippen LogP contribution in [0.5, 0.6) is 0 Å². The minimum atomic E-state index is -3.50. The molecular weight excluding hydrogens is 166 g/mol. The highest BCUT2D eigenvalue weighted by Gasteiger charge is 2.43. The molecule has 0 spiro atoms. The van der Waals surface area contributed by atoms with Crippen LogP contribution in [0.25, 0.3) is 0 Å². The standard InChI is InChI=1S/C8H6F2O2/c9-8(10)11-6-4-2-1-3-5-7(6)12-8/h2-5H,1H2. The molecule has 0 atom stereocenters. The Labute approximate surface area is 67.8 Å². The molecule has 0 radical (unpaired) electrons. The fourth-order valence-electron chi connectivity index (χ4n) is 1.04. The maximum absolute atomic E-state index is 12.4. The third-order valence-corrected chi connectivity index (χ3v) is 1.51. The normalized spacial score (nSPS) is 24.5. The molecule has 0 aromatic heterocycles. The van der Waals surface area contributed by atoms with Crippen LogP contribution in [0.4, 0.5) is 8.78 Å². The second-order valence-corrected chi connectivity index (χ2v) is 2.44. The van der Waals surface area contributed by atoms with E-state index in [0.717, 1.165) is 0 Å². The fraction of sp³-hybridized carbons (Fsp3) is 0.250. The molecule has 1 aliphatic carbocycles. The molecule has 0 aromatic rings. The molecule has 0 saturated carbocycles. The van der Waals surface area contributed by atoms with E-state index in [1.54, 1.807) is 12.2 Å². The van der Waals surface area contributed by atoms with E-state index in [2.05, 4.69) is 9.47 Å². The van der Waals surface area contributed by atoms with E-state index in [1.165, 1.54) is 12.2 Å². The highest BCUT2D eigenvalue weighted by atomic mass is 19.3. The topological polar surface area (TPSA) is 18.5 Å². The molecule has 2 aliphatic rings. The molecule has 64 valence electrons. The number of hydrogen-bond donors (Lipinski definition) is 0. The first-order valence-electron chi connectivity index (χ1n) is 3.50. The number of halogens is 2. The summed E-state index contributed by atoms with van der Waals surface area (Å²) in [5.74, 6) is 0.183. The smallest absolute Gasteiger partial charge is 0.395 e. The van der Waals surface area contributed by atoms with Crippen LogP contribution < -0.4 is 0 Å². The third kappa shape index (κ3) is 1.20. The van der Waals surface area contributed by atoms with Gasteiger partial charge < -0.3 is 9.47 Å². The average molecular weight is 172 g/mol. The van der Waals surface area contributed by atoms with Gasteiger partial charge in [0.2, 0.25) is 0 Å². The van der Waals surface area contributed by atoms with Gasteiger partial charge in [0.05, 0.1) is 0 Å². The number of alkyl halides is 2. The van der Waals surface area contributed by atoms with Crippen molar-refractivity contribution in [2.75, 3.05) is 0 Å². The van der Waals surface area contributed by atoms with Crippen molar-refractivity contribution in [3.8, 4) is 0 Å². The first-order valence-corrected chi connectivity index (χ1v) is 3.50. The summed E-state index contributed by atoms with van der Waals surface area (Å²) < 4.78 is 33.3. The molecule has 0 fully saturated rings. The van der Waals surface area contributed by atoms with E-state index in [1.807, 2.05) is 0 Å². The first-order chi connectivity index (χ1) is 5.67. The lowest BCUT2D eigenvalue weighted by atomic mass is 10.4. The quantitative estimate of drug-likeness (QED) is 0.558. The van der Waals surface area contributed by atoms with Crippen LogP contribution in [0.3, 0.4) is 0 Å². The summed E-state index contributed by atoms with van der Waals surface area (Å²) in [6, 6.07) is 0.